The van der Waals surface area contributed by atoms with Crippen molar-refractivity contribution in [3.05, 3.63) is 36.4 Å². The zero-order valence-corrected chi connectivity index (χ0v) is 8.98. The lowest BCUT2D eigenvalue weighted by atomic mass is 9.77. The van der Waals surface area contributed by atoms with Crippen molar-refractivity contribution in [2.75, 3.05) is 0 Å². The highest BCUT2D eigenvalue weighted by Gasteiger charge is 2.31. The standard InChI is InChI=1S/C11H8BF3O3/c13-11(14,15)18-8-5-7-3-1-2-4-9(7)10(6-8)12(16)17/h1-6,16-17H. The van der Waals surface area contributed by atoms with E-state index in [2.05, 4.69) is 4.74 Å². The molecular weight excluding hydrogens is 248 g/mol. The topological polar surface area (TPSA) is 49.7 Å². The Morgan fingerprint density at radius 1 is 1.06 bits per heavy atom. The molecule has 0 aliphatic heterocycles. The molecule has 0 bridgehead atoms. The average molecular weight is 256 g/mol. The summed E-state index contributed by atoms with van der Waals surface area (Å²) < 4.78 is 40.2. The van der Waals surface area contributed by atoms with Gasteiger partial charge in [-0.15, -0.1) is 13.2 Å². The summed E-state index contributed by atoms with van der Waals surface area (Å²) in [6, 6.07) is 8.58. The van der Waals surface area contributed by atoms with Crippen LogP contribution in [0.1, 0.15) is 0 Å². The SMILES string of the molecule is OB(O)c1cc(OC(F)(F)F)cc2ccccc12. The van der Waals surface area contributed by atoms with E-state index in [-0.39, 0.29) is 5.46 Å². The van der Waals surface area contributed by atoms with E-state index in [4.69, 9.17) is 10.0 Å². The number of halogens is 3. The average Bonchev–Trinajstić information content (AvgIpc) is 2.25. The second kappa shape index (κ2) is 4.51. The molecule has 0 saturated heterocycles. The van der Waals surface area contributed by atoms with Gasteiger partial charge in [-0.05, 0) is 28.4 Å². The highest BCUT2D eigenvalue weighted by molar-refractivity contribution is 6.62. The molecule has 18 heavy (non-hydrogen) atoms. The molecular formula is C11H8BF3O3. The molecule has 0 atom stereocenters. The molecule has 0 aromatic heterocycles. The Labute approximate surface area is 101 Å². The molecule has 94 valence electrons. The number of fused-ring (bicyclic) bond motifs is 1. The first kappa shape index (κ1) is 12.7. The zero-order chi connectivity index (χ0) is 13.3. The van der Waals surface area contributed by atoms with Crippen LogP contribution in [-0.4, -0.2) is 23.5 Å². The van der Waals surface area contributed by atoms with Crippen LogP contribution in [0.5, 0.6) is 5.75 Å². The quantitative estimate of drug-likeness (QED) is 0.799. The van der Waals surface area contributed by atoms with Crippen molar-refractivity contribution < 1.29 is 28.0 Å². The van der Waals surface area contributed by atoms with Crippen LogP contribution in [0.4, 0.5) is 13.2 Å². The Kier molecular flexibility index (Phi) is 3.19. The van der Waals surface area contributed by atoms with E-state index in [1.54, 1.807) is 24.3 Å². The van der Waals surface area contributed by atoms with Gasteiger partial charge in [-0.2, -0.15) is 0 Å². The van der Waals surface area contributed by atoms with Crippen LogP contribution in [0.25, 0.3) is 10.8 Å². The Hall–Kier alpha value is -1.73. The predicted molar refractivity (Wildman–Crippen MR) is 60.5 cm³/mol. The smallest absolute Gasteiger partial charge is 0.423 e. The molecule has 2 aromatic carbocycles. The van der Waals surface area contributed by atoms with Crippen LogP contribution >= 0.6 is 0 Å². The molecule has 0 fully saturated rings. The fraction of sp³-hybridized carbons (Fsp3) is 0.0909. The number of benzene rings is 2. The van der Waals surface area contributed by atoms with E-state index in [1.807, 2.05) is 0 Å². The largest absolute Gasteiger partial charge is 0.573 e. The molecule has 0 unspecified atom stereocenters. The van der Waals surface area contributed by atoms with Crippen molar-refractivity contribution in [2.24, 2.45) is 0 Å². The van der Waals surface area contributed by atoms with Crippen LogP contribution in [0.2, 0.25) is 0 Å². The van der Waals surface area contributed by atoms with E-state index in [0.29, 0.717) is 10.8 Å². The second-order valence-electron chi connectivity index (χ2n) is 3.66. The van der Waals surface area contributed by atoms with E-state index in [1.165, 1.54) is 6.07 Å². The Morgan fingerprint density at radius 2 is 1.72 bits per heavy atom. The van der Waals surface area contributed by atoms with E-state index >= 15 is 0 Å². The maximum atomic E-state index is 12.1. The van der Waals surface area contributed by atoms with Gasteiger partial charge in [-0.25, -0.2) is 0 Å². The number of ether oxygens (including phenoxy) is 1. The Balaban J connectivity index is 2.57. The van der Waals surface area contributed by atoms with Crippen LogP contribution in [0, 0.1) is 0 Å². The molecule has 2 N–H and O–H groups in total. The molecule has 2 aromatic rings. The van der Waals surface area contributed by atoms with Gasteiger partial charge in [0, 0.05) is 0 Å². The third-order valence-electron chi connectivity index (χ3n) is 2.38. The first-order valence-corrected chi connectivity index (χ1v) is 5.01. The van der Waals surface area contributed by atoms with Crippen LogP contribution in [0.3, 0.4) is 0 Å². The molecule has 2 rings (SSSR count). The van der Waals surface area contributed by atoms with E-state index in [9.17, 15) is 13.2 Å². The van der Waals surface area contributed by atoms with Crippen LogP contribution in [0.15, 0.2) is 36.4 Å². The van der Waals surface area contributed by atoms with Crippen molar-refractivity contribution in [3.8, 4) is 5.75 Å². The molecule has 7 heteroatoms. The van der Waals surface area contributed by atoms with Gasteiger partial charge in [-0.1, -0.05) is 24.3 Å². The molecule has 0 radical (unpaired) electrons. The monoisotopic (exact) mass is 256 g/mol. The maximum Gasteiger partial charge on any atom is 0.573 e. The number of hydrogen-bond donors (Lipinski definition) is 2. The van der Waals surface area contributed by atoms with Crippen molar-refractivity contribution in [1.82, 2.24) is 0 Å². The first-order chi connectivity index (χ1) is 8.37. The van der Waals surface area contributed by atoms with Crippen LogP contribution < -0.4 is 10.2 Å². The molecule has 0 saturated carbocycles. The summed E-state index contributed by atoms with van der Waals surface area (Å²) in [5.74, 6) is -0.482. The minimum atomic E-state index is -4.82. The van der Waals surface area contributed by atoms with Crippen molar-refractivity contribution >= 4 is 23.4 Å². The van der Waals surface area contributed by atoms with Crippen molar-refractivity contribution in [3.63, 3.8) is 0 Å². The van der Waals surface area contributed by atoms with Gasteiger partial charge in [0.15, 0.2) is 0 Å². The minimum absolute atomic E-state index is 0.0349. The number of rotatable bonds is 2. The fourth-order valence-electron chi connectivity index (χ4n) is 1.72. The van der Waals surface area contributed by atoms with E-state index < -0.39 is 19.2 Å². The Bertz CT molecular complexity index is 569. The summed E-state index contributed by atoms with van der Waals surface area (Å²) in [6.07, 6.45) is -4.82. The normalized spacial score (nSPS) is 11.6. The summed E-state index contributed by atoms with van der Waals surface area (Å²) in [5, 5.41) is 19.2. The number of alkyl halides is 3. The highest BCUT2D eigenvalue weighted by Crippen LogP contribution is 2.25. The summed E-state index contributed by atoms with van der Waals surface area (Å²) in [4.78, 5) is 0. The fourth-order valence-corrected chi connectivity index (χ4v) is 1.72. The predicted octanol–water partition coefficient (Wildman–Crippen LogP) is 1.42. The van der Waals surface area contributed by atoms with Crippen molar-refractivity contribution in [2.45, 2.75) is 6.36 Å². The van der Waals surface area contributed by atoms with Gasteiger partial charge in [0.25, 0.3) is 0 Å². The lowest BCUT2D eigenvalue weighted by Crippen LogP contribution is -2.31. The summed E-state index contributed by atoms with van der Waals surface area (Å²) >= 11 is 0. The minimum Gasteiger partial charge on any atom is -0.423 e. The third-order valence-corrected chi connectivity index (χ3v) is 2.38. The lowest BCUT2D eigenvalue weighted by Gasteiger charge is -2.12. The zero-order valence-electron chi connectivity index (χ0n) is 8.98. The van der Waals surface area contributed by atoms with Gasteiger partial charge in [0.1, 0.15) is 5.75 Å². The van der Waals surface area contributed by atoms with Gasteiger partial charge in [0.05, 0.1) is 0 Å². The molecule has 3 nitrogen and oxygen atoms in total. The molecule has 0 spiro atoms. The van der Waals surface area contributed by atoms with Gasteiger partial charge in [-0.3, -0.25) is 0 Å². The van der Waals surface area contributed by atoms with Crippen LogP contribution in [-0.2, 0) is 0 Å². The first-order valence-electron chi connectivity index (χ1n) is 5.01. The second-order valence-corrected chi connectivity index (χ2v) is 3.66. The maximum absolute atomic E-state index is 12.1. The highest BCUT2D eigenvalue weighted by atomic mass is 19.4. The van der Waals surface area contributed by atoms with Gasteiger partial charge >= 0.3 is 13.5 Å². The molecule has 0 aliphatic rings. The molecule has 0 heterocycles. The van der Waals surface area contributed by atoms with E-state index in [0.717, 1.165) is 6.07 Å². The van der Waals surface area contributed by atoms with Crippen molar-refractivity contribution in [1.29, 1.82) is 0 Å². The van der Waals surface area contributed by atoms with Gasteiger partial charge in [0.2, 0.25) is 0 Å². The summed E-state index contributed by atoms with van der Waals surface area (Å²) in [7, 11) is -1.87. The molecule has 0 amide bonds. The molecule has 0 aliphatic carbocycles. The summed E-state index contributed by atoms with van der Waals surface area (Å²) in [6.45, 7) is 0. The number of hydrogen-bond acceptors (Lipinski definition) is 3. The lowest BCUT2D eigenvalue weighted by molar-refractivity contribution is -0.274. The Morgan fingerprint density at radius 3 is 2.33 bits per heavy atom. The third kappa shape index (κ3) is 2.74. The summed E-state index contributed by atoms with van der Waals surface area (Å²) in [5.41, 5.74) is -0.0349. The van der Waals surface area contributed by atoms with Gasteiger partial charge < -0.3 is 14.8 Å².